The second-order valence-electron chi connectivity index (χ2n) is 2.97. The van der Waals surface area contributed by atoms with Gasteiger partial charge in [0.15, 0.2) is 0 Å². The molecule has 0 bridgehead atoms. The summed E-state index contributed by atoms with van der Waals surface area (Å²) >= 11 is 0. The number of azo groups is 1. The predicted molar refractivity (Wildman–Crippen MR) is 55.8 cm³/mol. The van der Waals surface area contributed by atoms with Crippen molar-refractivity contribution in [2.24, 2.45) is 10.2 Å². The van der Waals surface area contributed by atoms with Gasteiger partial charge >= 0.3 is 0 Å². The number of hydrogen-bond donors (Lipinski definition) is 1. The van der Waals surface area contributed by atoms with Gasteiger partial charge in [-0.25, -0.2) is 0 Å². The maximum Gasteiger partial charge on any atom is 0.143 e. The lowest BCUT2D eigenvalue weighted by Crippen LogP contribution is -1.88. The van der Waals surface area contributed by atoms with E-state index in [0.29, 0.717) is 18.0 Å². The van der Waals surface area contributed by atoms with E-state index in [1.54, 1.807) is 24.3 Å². The van der Waals surface area contributed by atoms with E-state index in [4.69, 9.17) is 4.74 Å². The van der Waals surface area contributed by atoms with E-state index >= 15 is 0 Å². The fourth-order valence-electron chi connectivity index (χ4n) is 1.11. The van der Waals surface area contributed by atoms with Gasteiger partial charge in [-0.05, 0) is 24.3 Å². The van der Waals surface area contributed by atoms with Crippen LogP contribution in [0.15, 0.2) is 58.6 Å². The van der Waals surface area contributed by atoms with Crippen LogP contribution in [0.3, 0.4) is 0 Å². The first kappa shape index (κ1) is 9.45. The number of para-hydroxylation sites is 1. The van der Waals surface area contributed by atoms with Crippen molar-refractivity contribution in [1.82, 2.24) is 0 Å². The molecule has 1 aliphatic heterocycles. The Bertz CT molecular complexity index is 436. The smallest absolute Gasteiger partial charge is 0.143 e. The van der Waals surface area contributed by atoms with Gasteiger partial charge in [0.2, 0.25) is 0 Å². The minimum Gasteiger partial charge on any atom is -0.506 e. The summed E-state index contributed by atoms with van der Waals surface area (Å²) in [5, 5.41) is 17.3. The summed E-state index contributed by atoms with van der Waals surface area (Å²) in [4.78, 5) is 0. The molecule has 0 fully saturated rings. The summed E-state index contributed by atoms with van der Waals surface area (Å²) in [7, 11) is 0. The molecule has 0 radical (unpaired) electrons. The monoisotopic (exact) mass is 202 g/mol. The van der Waals surface area contributed by atoms with Crippen molar-refractivity contribution in [2.75, 3.05) is 6.61 Å². The lowest BCUT2D eigenvalue weighted by Gasteiger charge is -2.02. The molecule has 1 N–H and O–H groups in total. The number of aromatic hydroxyl groups is 1. The summed E-state index contributed by atoms with van der Waals surface area (Å²) in [5.41, 5.74) is 1.07. The Hall–Kier alpha value is -2.10. The molecule has 4 heteroatoms. The second kappa shape index (κ2) is 4.41. The maximum atomic E-state index is 9.42. The van der Waals surface area contributed by atoms with Crippen LogP contribution < -0.4 is 0 Å². The molecule has 0 aliphatic carbocycles. The Labute approximate surface area is 87.2 Å². The van der Waals surface area contributed by atoms with Crippen LogP contribution in [0, 0.1) is 0 Å². The van der Waals surface area contributed by atoms with Crippen LogP contribution >= 0.6 is 0 Å². The maximum absolute atomic E-state index is 9.42. The SMILES string of the molecule is Oc1ccccc1N=NC1=COCC=C1. The first-order valence-corrected chi connectivity index (χ1v) is 4.54. The normalized spacial score (nSPS) is 15.1. The zero-order valence-electron chi connectivity index (χ0n) is 8.00. The van der Waals surface area contributed by atoms with Crippen LogP contribution in [-0.4, -0.2) is 11.7 Å². The van der Waals surface area contributed by atoms with Crippen molar-refractivity contribution in [2.45, 2.75) is 0 Å². The number of benzene rings is 1. The molecule has 4 nitrogen and oxygen atoms in total. The van der Waals surface area contributed by atoms with Gasteiger partial charge in [-0.15, -0.1) is 10.2 Å². The van der Waals surface area contributed by atoms with Crippen LogP contribution in [0.2, 0.25) is 0 Å². The van der Waals surface area contributed by atoms with E-state index in [2.05, 4.69) is 10.2 Å². The third-order valence-electron chi connectivity index (χ3n) is 1.84. The first-order valence-electron chi connectivity index (χ1n) is 4.54. The van der Waals surface area contributed by atoms with Gasteiger partial charge in [-0.1, -0.05) is 12.1 Å². The zero-order chi connectivity index (χ0) is 10.5. The van der Waals surface area contributed by atoms with E-state index in [0.717, 1.165) is 0 Å². The third-order valence-corrected chi connectivity index (χ3v) is 1.84. The highest BCUT2D eigenvalue weighted by Gasteiger charge is 1.98. The standard InChI is InChI=1S/C11H10N2O2/c14-11-6-2-1-5-10(11)13-12-9-4-3-7-15-8-9/h1-6,8,14H,7H2. The van der Waals surface area contributed by atoms with E-state index in [-0.39, 0.29) is 5.75 Å². The van der Waals surface area contributed by atoms with E-state index in [1.165, 1.54) is 6.26 Å². The highest BCUT2D eigenvalue weighted by atomic mass is 16.5. The van der Waals surface area contributed by atoms with Crippen molar-refractivity contribution in [3.8, 4) is 5.75 Å². The minimum absolute atomic E-state index is 0.113. The molecule has 1 aromatic rings. The van der Waals surface area contributed by atoms with Crippen molar-refractivity contribution in [3.63, 3.8) is 0 Å². The summed E-state index contributed by atoms with van der Waals surface area (Å²) in [6, 6.07) is 6.77. The van der Waals surface area contributed by atoms with Crippen molar-refractivity contribution in [3.05, 3.63) is 48.4 Å². The molecule has 76 valence electrons. The summed E-state index contributed by atoms with van der Waals surface area (Å²) < 4.78 is 5.04. The highest BCUT2D eigenvalue weighted by Crippen LogP contribution is 2.26. The highest BCUT2D eigenvalue weighted by molar-refractivity contribution is 5.49. The Kier molecular flexibility index (Phi) is 2.78. The van der Waals surface area contributed by atoms with E-state index in [9.17, 15) is 5.11 Å². The lowest BCUT2D eigenvalue weighted by atomic mass is 10.3. The molecular formula is C11H10N2O2. The van der Waals surface area contributed by atoms with Gasteiger partial charge < -0.3 is 9.84 Å². The average Bonchev–Trinajstić information content (AvgIpc) is 2.29. The Morgan fingerprint density at radius 1 is 1.20 bits per heavy atom. The van der Waals surface area contributed by atoms with Crippen LogP contribution in [0.25, 0.3) is 0 Å². The van der Waals surface area contributed by atoms with Crippen LogP contribution in [-0.2, 0) is 4.74 Å². The summed E-state index contributed by atoms with van der Waals surface area (Å²) in [5.74, 6) is 0.113. The van der Waals surface area contributed by atoms with Gasteiger partial charge in [-0.3, -0.25) is 0 Å². The van der Waals surface area contributed by atoms with Crippen LogP contribution in [0.5, 0.6) is 5.75 Å². The molecule has 0 aromatic heterocycles. The number of nitrogens with zero attached hydrogens (tertiary/aromatic N) is 2. The van der Waals surface area contributed by atoms with Crippen molar-refractivity contribution in [1.29, 1.82) is 0 Å². The number of rotatable bonds is 2. The predicted octanol–water partition coefficient (Wildman–Crippen LogP) is 2.90. The molecule has 15 heavy (non-hydrogen) atoms. The molecule has 0 atom stereocenters. The van der Waals surface area contributed by atoms with Gasteiger partial charge in [0.05, 0.1) is 0 Å². The lowest BCUT2D eigenvalue weighted by molar-refractivity contribution is 0.282. The Balaban J connectivity index is 2.15. The van der Waals surface area contributed by atoms with E-state index < -0.39 is 0 Å². The molecule has 0 amide bonds. The number of allylic oxidation sites excluding steroid dienone is 1. The fourth-order valence-corrected chi connectivity index (χ4v) is 1.11. The van der Waals surface area contributed by atoms with Gasteiger partial charge in [0, 0.05) is 0 Å². The second-order valence-corrected chi connectivity index (χ2v) is 2.97. The quantitative estimate of drug-likeness (QED) is 0.749. The molecule has 0 saturated heterocycles. The largest absolute Gasteiger partial charge is 0.506 e. The summed E-state index contributed by atoms with van der Waals surface area (Å²) in [6.45, 7) is 0.565. The third kappa shape index (κ3) is 2.43. The van der Waals surface area contributed by atoms with E-state index in [1.807, 2.05) is 12.2 Å². The molecule has 1 heterocycles. The molecule has 1 aliphatic rings. The number of hydrogen-bond acceptors (Lipinski definition) is 4. The number of phenolic OH excluding ortho intramolecular Hbond substituents is 1. The van der Waals surface area contributed by atoms with Crippen LogP contribution in [0.1, 0.15) is 0 Å². The van der Waals surface area contributed by atoms with Gasteiger partial charge in [-0.2, -0.15) is 0 Å². The van der Waals surface area contributed by atoms with Gasteiger partial charge in [0.25, 0.3) is 0 Å². The number of ether oxygens (including phenoxy) is 1. The fraction of sp³-hybridized carbons (Fsp3) is 0.0909. The van der Waals surface area contributed by atoms with Crippen molar-refractivity contribution < 1.29 is 9.84 Å². The molecular weight excluding hydrogens is 192 g/mol. The van der Waals surface area contributed by atoms with Crippen LogP contribution in [0.4, 0.5) is 5.69 Å². The Morgan fingerprint density at radius 2 is 2.07 bits per heavy atom. The molecule has 2 rings (SSSR count). The minimum atomic E-state index is 0.113. The zero-order valence-corrected chi connectivity index (χ0v) is 8.00. The van der Waals surface area contributed by atoms with Gasteiger partial charge in [0.1, 0.15) is 30.0 Å². The average molecular weight is 202 g/mol. The molecule has 0 saturated carbocycles. The Morgan fingerprint density at radius 3 is 2.80 bits per heavy atom. The number of phenols is 1. The topological polar surface area (TPSA) is 54.2 Å². The molecule has 0 spiro atoms. The summed E-state index contributed by atoms with van der Waals surface area (Å²) in [6.07, 6.45) is 5.19. The molecule has 1 aromatic carbocycles. The first-order chi connectivity index (χ1) is 7.36. The van der Waals surface area contributed by atoms with Crippen molar-refractivity contribution >= 4 is 5.69 Å². The molecule has 0 unspecified atom stereocenters.